The van der Waals surface area contributed by atoms with Crippen LogP contribution >= 0.6 is 0 Å². The fourth-order valence-corrected chi connectivity index (χ4v) is 2.65. The molecule has 3 aromatic rings. The van der Waals surface area contributed by atoms with Crippen LogP contribution in [-0.4, -0.2) is 30.2 Å². The molecule has 1 amide bonds. The lowest BCUT2D eigenvalue weighted by Crippen LogP contribution is -2.30. The highest BCUT2D eigenvalue weighted by Gasteiger charge is 2.30. The molecule has 1 aliphatic carbocycles. The molecule has 0 aromatic carbocycles. The number of hydrogen-bond donors (Lipinski definition) is 1. The molecule has 0 atom stereocenters. The largest absolute Gasteiger partial charge is 0.346 e. The molecule has 0 spiro atoms. The van der Waals surface area contributed by atoms with Crippen molar-refractivity contribution in [3.63, 3.8) is 0 Å². The van der Waals surface area contributed by atoms with E-state index < -0.39 is 0 Å². The van der Waals surface area contributed by atoms with Crippen molar-refractivity contribution in [1.82, 2.24) is 24.3 Å². The smallest absolute Gasteiger partial charge is 0.323 e. The number of anilines is 1. The number of hydrogen-bond acceptors (Lipinski definition) is 5. The number of nitrogens with zero attached hydrogens (tertiary/aromatic N) is 5. The Labute approximate surface area is 143 Å². The molecule has 0 aliphatic heterocycles. The lowest BCUT2D eigenvalue weighted by atomic mass is 10.3. The van der Waals surface area contributed by atoms with Gasteiger partial charge in [-0.05, 0) is 37.1 Å². The van der Waals surface area contributed by atoms with Gasteiger partial charge in [0.1, 0.15) is 6.54 Å². The summed E-state index contributed by atoms with van der Waals surface area (Å²) in [4.78, 5) is 32.9. The highest BCUT2D eigenvalue weighted by atomic mass is 16.2. The maximum absolute atomic E-state index is 12.7. The number of aromatic nitrogens is 5. The molecule has 126 valence electrons. The van der Waals surface area contributed by atoms with Crippen molar-refractivity contribution < 1.29 is 4.79 Å². The number of amides is 1. The van der Waals surface area contributed by atoms with E-state index in [0.717, 1.165) is 18.4 Å². The number of rotatable bonds is 5. The predicted octanol–water partition coefficient (Wildman–Crippen LogP) is 1.48. The van der Waals surface area contributed by atoms with E-state index in [2.05, 4.69) is 20.4 Å². The second kappa shape index (κ2) is 6.31. The number of carbonyl (C=O) groups excluding carboxylic acids is 1. The summed E-state index contributed by atoms with van der Waals surface area (Å²) < 4.78 is 2.86. The van der Waals surface area contributed by atoms with Crippen LogP contribution in [0.3, 0.4) is 0 Å². The quantitative estimate of drug-likeness (QED) is 0.761. The highest BCUT2D eigenvalue weighted by molar-refractivity contribution is 5.90. The average molecular weight is 336 g/mol. The molecule has 1 fully saturated rings. The van der Waals surface area contributed by atoms with Crippen LogP contribution in [0.25, 0.3) is 11.4 Å². The number of carbonyl (C=O) groups is 1. The molecule has 1 aliphatic rings. The van der Waals surface area contributed by atoms with Gasteiger partial charge in [-0.2, -0.15) is 0 Å². The summed E-state index contributed by atoms with van der Waals surface area (Å²) >= 11 is 0. The summed E-state index contributed by atoms with van der Waals surface area (Å²) in [5.41, 5.74) is 1.07. The van der Waals surface area contributed by atoms with E-state index in [-0.39, 0.29) is 24.2 Å². The van der Waals surface area contributed by atoms with Gasteiger partial charge in [-0.3, -0.25) is 19.3 Å². The van der Waals surface area contributed by atoms with Crippen molar-refractivity contribution >= 4 is 11.6 Å². The van der Waals surface area contributed by atoms with Crippen LogP contribution in [0.1, 0.15) is 18.9 Å². The van der Waals surface area contributed by atoms with Crippen LogP contribution in [0.15, 0.2) is 53.8 Å². The normalized spacial score (nSPS) is 13.6. The molecular weight excluding hydrogens is 320 g/mol. The Hall–Kier alpha value is -3.29. The van der Waals surface area contributed by atoms with Crippen LogP contribution in [-0.2, 0) is 11.3 Å². The zero-order valence-corrected chi connectivity index (χ0v) is 13.4. The zero-order chi connectivity index (χ0) is 17.2. The molecule has 8 heteroatoms. The molecule has 8 nitrogen and oxygen atoms in total. The van der Waals surface area contributed by atoms with Gasteiger partial charge in [-0.15, -0.1) is 5.10 Å². The number of nitrogens with one attached hydrogen (secondary N) is 1. The standard InChI is InChI=1S/C17H16N6O2/c24-15(20-13-4-2-8-19-10-13)11-22-17(25)23(14-5-6-14)16(21-22)12-3-1-7-18-9-12/h1-4,7-10,14H,5-6,11H2,(H,20,24). The van der Waals surface area contributed by atoms with Crippen LogP contribution in [0.4, 0.5) is 5.69 Å². The predicted molar refractivity (Wildman–Crippen MR) is 90.9 cm³/mol. The summed E-state index contributed by atoms with van der Waals surface area (Å²) in [6.45, 7) is -0.152. The van der Waals surface area contributed by atoms with E-state index >= 15 is 0 Å². The molecular formula is C17H16N6O2. The summed E-state index contributed by atoms with van der Waals surface area (Å²) in [6, 6.07) is 7.26. The average Bonchev–Trinajstić information content (AvgIpc) is 3.42. The first-order chi connectivity index (χ1) is 12.2. The third kappa shape index (κ3) is 3.18. The molecule has 3 heterocycles. The van der Waals surface area contributed by atoms with Crippen molar-refractivity contribution in [1.29, 1.82) is 0 Å². The minimum absolute atomic E-state index is 0.151. The summed E-state index contributed by atoms with van der Waals surface area (Å²) in [6.07, 6.45) is 8.39. The van der Waals surface area contributed by atoms with Crippen molar-refractivity contribution in [2.45, 2.75) is 25.4 Å². The maximum Gasteiger partial charge on any atom is 0.346 e. The lowest BCUT2D eigenvalue weighted by Gasteiger charge is -2.03. The Morgan fingerprint density at radius 2 is 1.92 bits per heavy atom. The summed E-state index contributed by atoms with van der Waals surface area (Å²) in [5.74, 6) is 0.225. The van der Waals surface area contributed by atoms with Gasteiger partial charge in [0.25, 0.3) is 0 Å². The Kier molecular flexibility index (Phi) is 3.85. The van der Waals surface area contributed by atoms with Crippen LogP contribution in [0, 0.1) is 0 Å². The lowest BCUT2D eigenvalue weighted by molar-refractivity contribution is -0.117. The molecule has 0 unspecified atom stereocenters. The van der Waals surface area contributed by atoms with Gasteiger partial charge in [0.05, 0.1) is 11.9 Å². The van der Waals surface area contributed by atoms with Crippen molar-refractivity contribution in [2.75, 3.05) is 5.32 Å². The molecule has 1 N–H and O–H groups in total. The monoisotopic (exact) mass is 336 g/mol. The summed E-state index contributed by atoms with van der Waals surface area (Å²) in [5, 5.41) is 7.08. The van der Waals surface area contributed by atoms with Gasteiger partial charge in [0.2, 0.25) is 5.91 Å². The minimum Gasteiger partial charge on any atom is -0.323 e. The van der Waals surface area contributed by atoms with E-state index in [1.165, 1.54) is 4.68 Å². The molecule has 3 aromatic heterocycles. The first-order valence-electron chi connectivity index (χ1n) is 8.02. The van der Waals surface area contributed by atoms with Crippen LogP contribution < -0.4 is 11.0 Å². The second-order valence-corrected chi connectivity index (χ2v) is 5.90. The molecule has 0 bridgehead atoms. The summed E-state index contributed by atoms with van der Waals surface area (Å²) in [7, 11) is 0. The van der Waals surface area contributed by atoms with Gasteiger partial charge >= 0.3 is 5.69 Å². The van der Waals surface area contributed by atoms with Crippen LogP contribution in [0.2, 0.25) is 0 Å². The van der Waals surface area contributed by atoms with E-state index in [0.29, 0.717) is 11.5 Å². The Balaban J connectivity index is 1.62. The van der Waals surface area contributed by atoms with E-state index in [4.69, 9.17) is 0 Å². The second-order valence-electron chi connectivity index (χ2n) is 5.90. The van der Waals surface area contributed by atoms with E-state index in [9.17, 15) is 9.59 Å². The SMILES string of the molecule is O=C(Cn1nc(-c2cccnc2)n(C2CC2)c1=O)Nc1cccnc1. The van der Waals surface area contributed by atoms with Gasteiger partial charge in [-0.1, -0.05) is 0 Å². The van der Waals surface area contributed by atoms with Gasteiger partial charge in [0.15, 0.2) is 5.82 Å². The van der Waals surface area contributed by atoms with Gasteiger partial charge < -0.3 is 5.32 Å². The third-order valence-electron chi connectivity index (χ3n) is 3.94. The Morgan fingerprint density at radius 3 is 2.56 bits per heavy atom. The first-order valence-corrected chi connectivity index (χ1v) is 8.02. The fourth-order valence-electron chi connectivity index (χ4n) is 2.65. The highest BCUT2D eigenvalue weighted by Crippen LogP contribution is 2.36. The molecule has 0 radical (unpaired) electrons. The molecule has 25 heavy (non-hydrogen) atoms. The van der Waals surface area contributed by atoms with Crippen molar-refractivity contribution in [3.05, 3.63) is 59.5 Å². The molecule has 1 saturated carbocycles. The minimum atomic E-state index is -0.326. The fraction of sp³-hybridized carbons (Fsp3) is 0.235. The van der Waals surface area contributed by atoms with Gasteiger partial charge in [-0.25, -0.2) is 9.48 Å². The Bertz CT molecular complexity index is 944. The third-order valence-corrected chi connectivity index (χ3v) is 3.94. The molecule has 4 rings (SSSR count). The Morgan fingerprint density at radius 1 is 1.16 bits per heavy atom. The molecule has 0 saturated heterocycles. The van der Waals surface area contributed by atoms with Gasteiger partial charge in [0, 0.05) is 30.2 Å². The van der Waals surface area contributed by atoms with E-state index in [1.54, 1.807) is 47.6 Å². The first kappa shape index (κ1) is 15.3. The zero-order valence-electron chi connectivity index (χ0n) is 13.4. The van der Waals surface area contributed by atoms with E-state index in [1.807, 2.05) is 6.07 Å². The van der Waals surface area contributed by atoms with Crippen LogP contribution in [0.5, 0.6) is 0 Å². The van der Waals surface area contributed by atoms with Crippen molar-refractivity contribution in [3.8, 4) is 11.4 Å². The number of pyridine rings is 2. The van der Waals surface area contributed by atoms with Crippen molar-refractivity contribution in [2.24, 2.45) is 0 Å². The topological polar surface area (TPSA) is 94.7 Å². The maximum atomic E-state index is 12.7.